The Morgan fingerprint density at radius 1 is 1.18 bits per heavy atom. The molecule has 2 aliphatic rings. The van der Waals surface area contributed by atoms with E-state index in [9.17, 15) is 9.59 Å². The van der Waals surface area contributed by atoms with Gasteiger partial charge < -0.3 is 16.0 Å². The lowest BCUT2D eigenvalue weighted by Gasteiger charge is -2.33. The molecule has 0 unspecified atom stereocenters. The van der Waals surface area contributed by atoms with Gasteiger partial charge in [0.2, 0.25) is 5.91 Å². The first-order valence-corrected chi connectivity index (χ1v) is 8.01. The Bertz CT molecular complexity index is 570. The fraction of sp³-hybridized carbons (Fsp3) is 0.529. The van der Waals surface area contributed by atoms with E-state index in [1.165, 1.54) is 6.42 Å². The predicted molar refractivity (Wildman–Crippen MR) is 85.4 cm³/mol. The van der Waals surface area contributed by atoms with Crippen LogP contribution in [0, 0.1) is 12.8 Å². The van der Waals surface area contributed by atoms with E-state index in [1.807, 2.05) is 31.2 Å². The molecule has 5 nitrogen and oxygen atoms in total. The van der Waals surface area contributed by atoms with E-state index < -0.39 is 11.9 Å². The van der Waals surface area contributed by atoms with Gasteiger partial charge in [-0.15, -0.1) is 0 Å². The van der Waals surface area contributed by atoms with Gasteiger partial charge >= 0.3 is 6.03 Å². The predicted octanol–water partition coefficient (Wildman–Crippen LogP) is 2.65. The van der Waals surface area contributed by atoms with E-state index >= 15 is 0 Å². The number of nitrogens with zero attached hydrogens (tertiary/aromatic N) is 1. The van der Waals surface area contributed by atoms with Crippen LogP contribution >= 0.6 is 0 Å². The molecule has 0 bridgehead atoms. The summed E-state index contributed by atoms with van der Waals surface area (Å²) < 4.78 is 0. The molecule has 3 N–H and O–H groups in total. The number of likely N-dealkylation sites (tertiary alicyclic amines) is 1. The van der Waals surface area contributed by atoms with E-state index in [0.29, 0.717) is 12.3 Å². The number of benzene rings is 1. The van der Waals surface area contributed by atoms with Crippen molar-refractivity contribution in [2.75, 3.05) is 5.32 Å². The minimum Gasteiger partial charge on any atom is -0.368 e. The van der Waals surface area contributed by atoms with Crippen molar-refractivity contribution < 1.29 is 9.59 Å². The first kappa shape index (κ1) is 14.9. The number of aryl methyl sites for hydroxylation is 1. The quantitative estimate of drug-likeness (QED) is 0.881. The molecule has 1 aromatic carbocycles. The van der Waals surface area contributed by atoms with Gasteiger partial charge in [-0.1, -0.05) is 30.5 Å². The van der Waals surface area contributed by atoms with Crippen LogP contribution in [-0.2, 0) is 4.79 Å². The van der Waals surface area contributed by atoms with Crippen LogP contribution in [0.1, 0.15) is 37.7 Å². The monoisotopic (exact) mass is 301 g/mol. The van der Waals surface area contributed by atoms with Crippen molar-refractivity contribution in [1.29, 1.82) is 0 Å². The molecular formula is C17H23N3O2. The van der Waals surface area contributed by atoms with Crippen LogP contribution < -0.4 is 11.1 Å². The van der Waals surface area contributed by atoms with Gasteiger partial charge in [0.25, 0.3) is 0 Å². The van der Waals surface area contributed by atoms with E-state index in [-0.39, 0.29) is 12.1 Å². The van der Waals surface area contributed by atoms with Gasteiger partial charge in [-0.25, -0.2) is 4.79 Å². The first-order chi connectivity index (χ1) is 10.6. The maximum atomic E-state index is 12.7. The van der Waals surface area contributed by atoms with Gasteiger partial charge in [0, 0.05) is 11.7 Å². The largest absolute Gasteiger partial charge is 0.368 e. The summed E-state index contributed by atoms with van der Waals surface area (Å²) in [5.41, 5.74) is 7.42. The minimum absolute atomic E-state index is 0.150. The standard InChI is InChI=1S/C17H23N3O2/c1-11-6-8-13(9-7-11)19-17(22)20-14-5-3-2-4-12(14)10-15(20)16(18)21/h6-9,12,14-15H,2-5,10H2,1H3,(H2,18,21)(H,19,22)/t12-,14-,15-/m0/s1. The van der Waals surface area contributed by atoms with Crippen molar-refractivity contribution in [3.05, 3.63) is 29.8 Å². The fourth-order valence-corrected chi connectivity index (χ4v) is 3.83. The van der Waals surface area contributed by atoms with Crippen molar-refractivity contribution in [1.82, 2.24) is 4.90 Å². The Balaban J connectivity index is 1.78. The highest BCUT2D eigenvalue weighted by Gasteiger charge is 2.46. The number of hydrogen-bond donors (Lipinski definition) is 2. The van der Waals surface area contributed by atoms with Crippen LogP contribution in [0.15, 0.2) is 24.3 Å². The van der Waals surface area contributed by atoms with Crippen LogP contribution in [0.2, 0.25) is 0 Å². The van der Waals surface area contributed by atoms with Gasteiger partial charge in [0.05, 0.1) is 0 Å². The second kappa shape index (κ2) is 5.99. The highest BCUT2D eigenvalue weighted by atomic mass is 16.2. The minimum atomic E-state index is -0.474. The maximum Gasteiger partial charge on any atom is 0.322 e. The lowest BCUT2D eigenvalue weighted by atomic mass is 9.85. The molecule has 1 saturated heterocycles. The number of nitrogens with two attached hydrogens (primary N) is 1. The third-order valence-electron chi connectivity index (χ3n) is 4.95. The van der Waals surface area contributed by atoms with Crippen molar-refractivity contribution in [2.24, 2.45) is 11.7 Å². The van der Waals surface area contributed by atoms with Crippen LogP contribution in [0.4, 0.5) is 10.5 Å². The molecule has 22 heavy (non-hydrogen) atoms. The third-order valence-corrected chi connectivity index (χ3v) is 4.95. The number of urea groups is 1. The molecule has 3 amide bonds. The topological polar surface area (TPSA) is 75.4 Å². The number of hydrogen-bond acceptors (Lipinski definition) is 2. The van der Waals surface area contributed by atoms with Crippen molar-refractivity contribution in [3.63, 3.8) is 0 Å². The lowest BCUT2D eigenvalue weighted by Crippen LogP contribution is -2.49. The highest BCUT2D eigenvalue weighted by molar-refractivity contribution is 5.94. The Morgan fingerprint density at radius 3 is 2.55 bits per heavy atom. The molecule has 1 saturated carbocycles. The molecule has 3 rings (SSSR count). The Labute approximate surface area is 130 Å². The van der Waals surface area contributed by atoms with Gasteiger partial charge in [-0.2, -0.15) is 0 Å². The molecule has 1 aliphatic carbocycles. The number of nitrogens with one attached hydrogen (secondary N) is 1. The van der Waals surface area contributed by atoms with Crippen LogP contribution in [0.5, 0.6) is 0 Å². The van der Waals surface area contributed by atoms with Crippen LogP contribution in [0.25, 0.3) is 0 Å². The number of carbonyl (C=O) groups is 2. The molecule has 3 atom stereocenters. The molecule has 1 aromatic rings. The van der Waals surface area contributed by atoms with Crippen molar-refractivity contribution in [3.8, 4) is 0 Å². The van der Waals surface area contributed by atoms with Gasteiger partial charge in [0.1, 0.15) is 6.04 Å². The Hall–Kier alpha value is -2.04. The number of rotatable bonds is 2. The zero-order valence-corrected chi connectivity index (χ0v) is 12.9. The summed E-state index contributed by atoms with van der Waals surface area (Å²) in [7, 11) is 0. The number of fused-ring (bicyclic) bond motifs is 1. The second-order valence-corrected chi connectivity index (χ2v) is 6.47. The summed E-state index contributed by atoms with van der Waals surface area (Å²) in [6, 6.07) is 7.13. The number of carbonyl (C=O) groups excluding carboxylic acids is 2. The summed E-state index contributed by atoms with van der Waals surface area (Å²) >= 11 is 0. The zero-order chi connectivity index (χ0) is 15.7. The average Bonchev–Trinajstić information content (AvgIpc) is 2.89. The highest BCUT2D eigenvalue weighted by Crippen LogP contribution is 2.39. The second-order valence-electron chi connectivity index (χ2n) is 6.47. The third kappa shape index (κ3) is 2.80. The molecule has 2 fully saturated rings. The van der Waals surface area contributed by atoms with E-state index in [0.717, 1.165) is 30.5 Å². The van der Waals surface area contributed by atoms with E-state index in [2.05, 4.69) is 5.32 Å². The Morgan fingerprint density at radius 2 is 1.86 bits per heavy atom. The van der Waals surface area contributed by atoms with E-state index in [4.69, 9.17) is 5.73 Å². The van der Waals surface area contributed by atoms with Crippen LogP contribution in [-0.4, -0.2) is 28.9 Å². The number of anilines is 1. The number of amides is 3. The first-order valence-electron chi connectivity index (χ1n) is 8.01. The average molecular weight is 301 g/mol. The molecule has 5 heteroatoms. The summed E-state index contributed by atoms with van der Waals surface area (Å²) in [4.78, 5) is 26.1. The summed E-state index contributed by atoms with van der Waals surface area (Å²) in [5.74, 6) is 0.0171. The normalized spacial score (nSPS) is 27.3. The molecular weight excluding hydrogens is 278 g/mol. The van der Waals surface area contributed by atoms with Crippen molar-refractivity contribution >= 4 is 17.6 Å². The van der Waals surface area contributed by atoms with Gasteiger partial charge in [-0.3, -0.25) is 4.79 Å². The molecule has 1 aliphatic heterocycles. The fourth-order valence-electron chi connectivity index (χ4n) is 3.83. The SMILES string of the molecule is Cc1ccc(NC(=O)N2[C@H](C(N)=O)C[C@@H]3CCCC[C@@H]32)cc1. The summed E-state index contributed by atoms with van der Waals surface area (Å²) in [6.07, 6.45) is 5.06. The van der Waals surface area contributed by atoms with Gasteiger partial charge in [0.15, 0.2) is 0 Å². The molecule has 118 valence electrons. The Kier molecular flexibility index (Phi) is 4.05. The zero-order valence-electron chi connectivity index (χ0n) is 12.9. The number of primary amides is 1. The van der Waals surface area contributed by atoms with Gasteiger partial charge in [-0.05, 0) is 44.2 Å². The summed E-state index contributed by atoms with van der Waals surface area (Å²) in [5, 5.41) is 2.91. The molecule has 0 aromatic heterocycles. The summed E-state index contributed by atoms with van der Waals surface area (Å²) in [6.45, 7) is 2.00. The maximum absolute atomic E-state index is 12.7. The van der Waals surface area contributed by atoms with Crippen LogP contribution in [0.3, 0.4) is 0 Å². The lowest BCUT2D eigenvalue weighted by molar-refractivity contribution is -0.121. The smallest absolute Gasteiger partial charge is 0.322 e. The molecule has 0 spiro atoms. The molecule has 0 radical (unpaired) electrons. The van der Waals surface area contributed by atoms with Crippen molar-refractivity contribution in [2.45, 2.75) is 51.1 Å². The molecule has 1 heterocycles. The van der Waals surface area contributed by atoms with E-state index in [1.54, 1.807) is 4.90 Å².